The van der Waals surface area contributed by atoms with E-state index in [9.17, 15) is 4.79 Å². The van der Waals surface area contributed by atoms with E-state index in [1.807, 2.05) is 0 Å². The predicted molar refractivity (Wildman–Crippen MR) is 77.5 cm³/mol. The van der Waals surface area contributed by atoms with Gasteiger partial charge in [0.15, 0.2) is 5.82 Å². The second-order valence-electron chi connectivity index (χ2n) is 5.08. The van der Waals surface area contributed by atoms with E-state index >= 15 is 0 Å². The van der Waals surface area contributed by atoms with Crippen LogP contribution in [0, 0.1) is 0 Å². The number of aromatic nitrogens is 2. The zero-order chi connectivity index (χ0) is 13.7. The van der Waals surface area contributed by atoms with Crippen molar-refractivity contribution >= 4 is 5.82 Å². The smallest absolute Gasteiger partial charge is 0.293 e. The second-order valence-corrected chi connectivity index (χ2v) is 5.08. The van der Waals surface area contributed by atoms with Crippen molar-refractivity contribution in [1.82, 2.24) is 14.5 Å². The maximum atomic E-state index is 12.1. The zero-order valence-electron chi connectivity index (χ0n) is 11.9. The number of hydrogen-bond acceptors (Lipinski definition) is 4. The highest BCUT2D eigenvalue weighted by atomic mass is 16.1. The molecule has 0 amide bonds. The molecule has 0 radical (unpaired) electrons. The van der Waals surface area contributed by atoms with E-state index in [0.29, 0.717) is 11.9 Å². The van der Waals surface area contributed by atoms with Gasteiger partial charge < -0.3 is 9.88 Å². The molecule has 2 heterocycles. The number of hydrogen-bond donors (Lipinski definition) is 1. The first-order valence-corrected chi connectivity index (χ1v) is 7.29. The molecule has 106 valence electrons. The predicted octanol–water partition coefficient (Wildman–Crippen LogP) is 1.55. The van der Waals surface area contributed by atoms with Gasteiger partial charge in [-0.2, -0.15) is 0 Å². The van der Waals surface area contributed by atoms with Crippen molar-refractivity contribution in [3.8, 4) is 0 Å². The van der Waals surface area contributed by atoms with E-state index in [1.165, 1.54) is 19.4 Å². The van der Waals surface area contributed by atoms with E-state index in [0.717, 1.165) is 26.1 Å². The van der Waals surface area contributed by atoms with Gasteiger partial charge in [0.25, 0.3) is 5.56 Å². The highest BCUT2D eigenvalue weighted by Crippen LogP contribution is 2.16. The van der Waals surface area contributed by atoms with Gasteiger partial charge >= 0.3 is 0 Å². The van der Waals surface area contributed by atoms with E-state index in [-0.39, 0.29) is 5.56 Å². The molecule has 1 aliphatic heterocycles. The highest BCUT2D eigenvalue weighted by molar-refractivity contribution is 5.31. The third-order valence-corrected chi connectivity index (χ3v) is 3.79. The lowest BCUT2D eigenvalue weighted by Gasteiger charge is -2.23. The fraction of sp³-hybridized carbons (Fsp3) is 0.714. The van der Waals surface area contributed by atoms with E-state index < -0.39 is 0 Å². The Morgan fingerprint density at radius 1 is 1.47 bits per heavy atom. The normalized spacial score (nSPS) is 19.8. The molecule has 0 spiro atoms. The van der Waals surface area contributed by atoms with Crippen LogP contribution in [0.3, 0.4) is 0 Å². The summed E-state index contributed by atoms with van der Waals surface area (Å²) >= 11 is 0. The molecule has 19 heavy (non-hydrogen) atoms. The summed E-state index contributed by atoms with van der Waals surface area (Å²) in [5.41, 5.74) is -0.00889. The Hall–Kier alpha value is -1.36. The van der Waals surface area contributed by atoms with Gasteiger partial charge in [-0.1, -0.05) is 13.8 Å². The van der Waals surface area contributed by atoms with Crippen molar-refractivity contribution in [2.45, 2.75) is 45.7 Å². The lowest BCUT2D eigenvalue weighted by molar-refractivity contribution is 0.277. The Labute approximate surface area is 114 Å². The van der Waals surface area contributed by atoms with Gasteiger partial charge in [0.2, 0.25) is 0 Å². The van der Waals surface area contributed by atoms with Crippen LogP contribution in [0.25, 0.3) is 0 Å². The van der Waals surface area contributed by atoms with Gasteiger partial charge in [0.05, 0.1) is 0 Å². The quantitative estimate of drug-likeness (QED) is 0.847. The molecule has 5 heteroatoms. The van der Waals surface area contributed by atoms with Crippen LogP contribution < -0.4 is 10.9 Å². The summed E-state index contributed by atoms with van der Waals surface area (Å²) in [5.74, 6) is 0.485. The minimum atomic E-state index is -0.00889. The van der Waals surface area contributed by atoms with Crippen molar-refractivity contribution in [3.05, 3.63) is 22.7 Å². The topological polar surface area (TPSA) is 50.2 Å². The van der Waals surface area contributed by atoms with Crippen molar-refractivity contribution in [2.75, 3.05) is 25.0 Å². The van der Waals surface area contributed by atoms with Gasteiger partial charge in [-0.3, -0.25) is 9.69 Å². The molecule has 5 nitrogen and oxygen atoms in total. The molecule has 0 saturated carbocycles. The van der Waals surface area contributed by atoms with Gasteiger partial charge in [0, 0.05) is 31.5 Å². The van der Waals surface area contributed by atoms with Crippen LogP contribution in [0.4, 0.5) is 5.82 Å². The Bertz CT molecular complexity index is 457. The average Bonchev–Trinajstić information content (AvgIpc) is 2.87. The third kappa shape index (κ3) is 3.35. The number of likely N-dealkylation sites (N-methyl/N-ethyl adjacent to an activating group) is 1. The first-order chi connectivity index (χ1) is 9.26. The first-order valence-electron chi connectivity index (χ1n) is 7.29. The van der Waals surface area contributed by atoms with Gasteiger partial charge in [-0.15, -0.1) is 0 Å². The molecule has 1 aromatic rings. The number of aryl methyl sites for hydroxylation is 1. The Kier molecular flexibility index (Phi) is 4.96. The molecule has 1 aromatic heterocycles. The van der Waals surface area contributed by atoms with Crippen molar-refractivity contribution in [2.24, 2.45) is 0 Å². The third-order valence-electron chi connectivity index (χ3n) is 3.79. The molecule has 1 fully saturated rings. The van der Waals surface area contributed by atoms with Crippen molar-refractivity contribution in [1.29, 1.82) is 0 Å². The molecule has 1 N–H and O–H groups in total. The summed E-state index contributed by atoms with van der Waals surface area (Å²) in [6.45, 7) is 8.07. The van der Waals surface area contributed by atoms with Crippen LogP contribution in [0.5, 0.6) is 0 Å². The molecular formula is C14H24N4O. The van der Waals surface area contributed by atoms with Crippen LogP contribution in [0.1, 0.15) is 33.1 Å². The Morgan fingerprint density at radius 3 is 3.05 bits per heavy atom. The van der Waals surface area contributed by atoms with Crippen LogP contribution in [0.2, 0.25) is 0 Å². The maximum absolute atomic E-state index is 12.1. The average molecular weight is 264 g/mol. The zero-order valence-corrected chi connectivity index (χ0v) is 11.9. The van der Waals surface area contributed by atoms with Crippen LogP contribution in [-0.4, -0.2) is 40.1 Å². The van der Waals surface area contributed by atoms with Gasteiger partial charge in [-0.25, -0.2) is 4.98 Å². The number of likely N-dealkylation sites (tertiary alicyclic amines) is 1. The van der Waals surface area contributed by atoms with Crippen LogP contribution in [-0.2, 0) is 6.54 Å². The van der Waals surface area contributed by atoms with Crippen LogP contribution >= 0.6 is 0 Å². The SMILES string of the molecule is CCCn1ccnc(NCC2CCCN2CC)c1=O. The molecule has 0 aliphatic carbocycles. The van der Waals surface area contributed by atoms with E-state index in [2.05, 4.69) is 29.0 Å². The molecule has 2 rings (SSSR count). The molecule has 1 atom stereocenters. The summed E-state index contributed by atoms with van der Waals surface area (Å²) in [5, 5.41) is 3.23. The van der Waals surface area contributed by atoms with Crippen LogP contribution in [0.15, 0.2) is 17.2 Å². The first kappa shape index (κ1) is 14.1. The lowest BCUT2D eigenvalue weighted by Crippen LogP contribution is -2.36. The molecule has 0 bridgehead atoms. The van der Waals surface area contributed by atoms with Crippen molar-refractivity contribution in [3.63, 3.8) is 0 Å². The number of anilines is 1. The highest BCUT2D eigenvalue weighted by Gasteiger charge is 2.22. The fourth-order valence-corrected chi connectivity index (χ4v) is 2.74. The van der Waals surface area contributed by atoms with Gasteiger partial charge in [-0.05, 0) is 32.4 Å². The van der Waals surface area contributed by atoms with Crippen molar-refractivity contribution < 1.29 is 0 Å². The standard InChI is InChI=1S/C14H24N4O/c1-3-8-18-10-7-15-13(14(18)19)16-11-12-6-5-9-17(12)4-2/h7,10,12H,3-6,8-9,11H2,1-2H3,(H,15,16). The molecule has 0 aromatic carbocycles. The molecular weight excluding hydrogens is 240 g/mol. The van der Waals surface area contributed by atoms with Gasteiger partial charge in [0.1, 0.15) is 0 Å². The lowest BCUT2D eigenvalue weighted by atomic mass is 10.2. The summed E-state index contributed by atoms with van der Waals surface area (Å²) in [4.78, 5) is 18.8. The minimum Gasteiger partial charge on any atom is -0.364 e. The maximum Gasteiger partial charge on any atom is 0.293 e. The summed E-state index contributed by atoms with van der Waals surface area (Å²) in [7, 11) is 0. The second kappa shape index (κ2) is 6.70. The molecule has 1 saturated heterocycles. The Morgan fingerprint density at radius 2 is 2.32 bits per heavy atom. The minimum absolute atomic E-state index is 0.00889. The molecule has 1 aliphatic rings. The summed E-state index contributed by atoms with van der Waals surface area (Å²) in [6, 6.07) is 0.533. The number of nitrogens with one attached hydrogen (secondary N) is 1. The number of rotatable bonds is 6. The summed E-state index contributed by atoms with van der Waals surface area (Å²) in [6.07, 6.45) is 6.87. The molecule has 1 unspecified atom stereocenters. The largest absolute Gasteiger partial charge is 0.364 e. The number of nitrogens with zero attached hydrogens (tertiary/aromatic N) is 3. The summed E-state index contributed by atoms with van der Waals surface area (Å²) < 4.78 is 1.72. The monoisotopic (exact) mass is 264 g/mol. The van der Waals surface area contributed by atoms with E-state index in [1.54, 1.807) is 17.0 Å². The fourth-order valence-electron chi connectivity index (χ4n) is 2.74. The van der Waals surface area contributed by atoms with E-state index in [4.69, 9.17) is 0 Å². The Balaban J connectivity index is 1.99.